The van der Waals surface area contributed by atoms with Crippen molar-refractivity contribution < 1.29 is 14.7 Å². The van der Waals surface area contributed by atoms with Gasteiger partial charge in [-0.05, 0) is 18.1 Å². The summed E-state index contributed by atoms with van der Waals surface area (Å²) < 4.78 is 0. The first-order valence-electron chi connectivity index (χ1n) is 6.81. The Hall–Kier alpha value is -1.76. The second-order valence-electron chi connectivity index (χ2n) is 5.21. The van der Waals surface area contributed by atoms with E-state index in [4.69, 9.17) is 0 Å². The highest BCUT2D eigenvalue weighted by Crippen LogP contribution is 2.34. The predicted octanol–water partition coefficient (Wildman–Crippen LogP) is 1.78. The predicted molar refractivity (Wildman–Crippen MR) is 80.8 cm³/mol. The maximum Gasteiger partial charge on any atom is 0.327 e. The van der Waals surface area contributed by atoms with E-state index in [9.17, 15) is 14.7 Å². The van der Waals surface area contributed by atoms with Crippen LogP contribution in [0.3, 0.4) is 0 Å². The summed E-state index contributed by atoms with van der Waals surface area (Å²) >= 11 is 1.51. The zero-order chi connectivity index (χ0) is 15.4. The van der Waals surface area contributed by atoms with Crippen molar-refractivity contribution in [2.75, 3.05) is 5.75 Å². The number of aliphatic carboxylic acids is 1. The van der Waals surface area contributed by atoms with E-state index in [2.05, 4.69) is 10.3 Å². The number of hydrogen-bond acceptors (Lipinski definition) is 4. The van der Waals surface area contributed by atoms with Crippen LogP contribution in [-0.4, -0.2) is 44.2 Å². The van der Waals surface area contributed by atoms with Crippen LogP contribution >= 0.6 is 11.8 Å². The fourth-order valence-corrected chi connectivity index (χ4v) is 3.72. The van der Waals surface area contributed by atoms with Crippen LogP contribution in [0.15, 0.2) is 24.4 Å². The molecule has 2 rings (SSSR count). The molecule has 2 unspecified atom stereocenters. The van der Waals surface area contributed by atoms with Crippen molar-refractivity contribution in [3.8, 4) is 0 Å². The van der Waals surface area contributed by atoms with Crippen molar-refractivity contribution in [3.05, 3.63) is 30.1 Å². The van der Waals surface area contributed by atoms with E-state index in [1.54, 1.807) is 12.3 Å². The van der Waals surface area contributed by atoms with E-state index in [1.807, 2.05) is 26.0 Å². The molecular formula is C14H19N3O3S. The molecule has 0 aliphatic carbocycles. The number of thioether (sulfide) groups is 1. The monoisotopic (exact) mass is 309 g/mol. The first-order chi connectivity index (χ1) is 10.0. The number of aromatic nitrogens is 1. The molecule has 0 radical (unpaired) electrons. The number of hydrogen-bond donors (Lipinski definition) is 2. The zero-order valence-corrected chi connectivity index (χ0v) is 12.8. The van der Waals surface area contributed by atoms with Crippen molar-refractivity contribution in [1.29, 1.82) is 0 Å². The molecule has 0 saturated carbocycles. The molecule has 114 valence electrons. The van der Waals surface area contributed by atoms with Gasteiger partial charge >= 0.3 is 12.0 Å². The summed E-state index contributed by atoms with van der Waals surface area (Å²) in [5.74, 6) is -0.339. The van der Waals surface area contributed by atoms with E-state index in [0.717, 1.165) is 5.69 Å². The highest BCUT2D eigenvalue weighted by Gasteiger charge is 2.42. The van der Waals surface area contributed by atoms with Gasteiger partial charge in [-0.2, -0.15) is 0 Å². The van der Waals surface area contributed by atoms with Gasteiger partial charge in [-0.15, -0.1) is 11.8 Å². The van der Waals surface area contributed by atoms with Crippen LogP contribution in [0, 0.1) is 5.92 Å². The maximum atomic E-state index is 12.4. The summed E-state index contributed by atoms with van der Waals surface area (Å²) in [5, 5.41) is 11.9. The van der Waals surface area contributed by atoms with Gasteiger partial charge in [-0.1, -0.05) is 19.9 Å². The number of carbonyl (C=O) groups excluding carboxylic acids is 1. The third-order valence-electron chi connectivity index (χ3n) is 3.27. The van der Waals surface area contributed by atoms with E-state index < -0.39 is 12.0 Å². The Morgan fingerprint density at radius 2 is 2.29 bits per heavy atom. The van der Waals surface area contributed by atoms with Gasteiger partial charge in [0, 0.05) is 11.9 Å². The van der Waals surface area contributed by atoms with Crippen LogP contribution in [0.2, 0.25) is 0 Å². The number of carbonyl (C=O) groups is 2. The van der Waals surface area contributed by atoms with Crippen molar-refractivity contribution in [2.24, 2.45) is 5.92 Å². The normalized spacial score (nSPS) is 21.6. The van der Waals surface area contributed by atoms with Crippen LogP contribution in [-0.2, 0) is 11.3 Å². The minimum Gasteiger partial charge on any atom is -0.480 e. The number of rotatable bonds is 4. The van der Waals surface area contributed by atoms with E-state index in [0.29, 0.717) is 5.75 Å². The summed E-state index contributed by atoms with van der Waals surface area (Å²) in [6, 6.07) is 4.34. The number of nitrogens with zero attached hydrogens (tertiary/aromatic N) is 2. The molecule has 1 aliphatic rings. The maximum absolute atomic E-state index is 12.4. The molecule has 1 aromatic rings. The summed E-state index contributed by atoms with van der Waals surface area (Å²) in [4.78, 5) is 29.2. The molecular weight excluding hydrogens is 290 g/mol. The Bertz CT molecular complexity index is 509. The molecule has 1 saturated heterocycles. The van der Waals surface area contributed by atoms with Crippen LogP contribution in [0.1, 0.15) is 19.5 Å². The lowest BCUT2D eigenvalue weighted by Crippen LogP contribution is -2.51. The number of nitrogens with one attached hydrogen (secondary N) is 1. The number of pyridine rings is 1. The lowest BCUT2D eigenvalue weighted by atomic mass is 10.2. The van der Waals surface area contributed by atoms with E-state index in [-0.39, 0.29) is 23.9 Å². The SMILES string of the molecule is CC(C)C1SCC(C(=O)O)N1C(=O)NCc1ccccn1. The van der Waals surface area contributed by atoms with Gasteiger partial charge in [0.2, 0.25) is 0 Å². The van der Waals surface area contributed by atoms with Crippen molar-refractivity contribution in [3.63, 3.8) is 0 Å². The average molecular weight is 309 g/mol. The van der Waals surface area contributed by atoms with Gasteiger partial charge in [-0.3, -0.25) is 9.88 Å². The Kier molecular flexibility index (Phi) is 5.06. The van der Waals surface area contributed by atoms with Gasteiger partial charge in [0.1, 0.15) is 6.04 Å². The summed E-state index contributed by atoms with van der Waals surface area (Å²) in [6.07, 6.45) is 1.66. The van der Waals surface area contributed by atoms with Gasteiger partial charge < -0.3 is 10.4 Å². The molecule has 0 bridgehead atoms. The zero-order valence-electron chi connectivity index (χ0n) is 12.0. The molecule has 1 aliphatic heterocycles. The number of carboxylic acids is 1. The average Bonchev–Trinajstić information content (AvgIpc) is 2.91. The third-order valence-corrected chi connectivity index (χ3v) is 4.89. The van der Waals surface area contributed by atoms with Crippen LogP contribution in [0.5, 0.6) is 0 Å². The van der Waals surface area contributed by atoms with Gasteiger partial charge in [0.25, 0.3) is 0 Å². The second-order valence-corrected chi connectivity index (χ2v) is 6.36. The first kappa shape index (κ1) is 15.6. The Morgan fingerprint density at radius 1 is 1.52 bits per heavy atom. The summed E-state index contributed by atoms with van der Waals surface area (Å²) in [5.41, 5.74) is 0.741. The minimum absolute atomic E-state index is 0.116. The van der Waals surface area contributed by atoms with Gasteiger partial charge in [0.05, 0.1) is 17.6 Å². The molecule has 1 aromatic heterocycles. The van der Waals surface area contributed by atoms with Crippen molar-refractivity contribution in [1.82, 2.24) is 15.2 Å². The molecule has 6 nitrogen and oxygen atoms in total. The topological polar surface area (TPSA) is 82.5 Å². The smallest absolute Gasteiger partial charge is 0.327 e. The lowest BCUT2D eigenvalue weighted by molar-refractivity contribution is -0.141. The Labute approximate surface area is 127 Å². The van der Waals surface area contributed by atoms with E-state index >= 15 is 0 Å². The van der Waals surface area contributed by atoms with Crippen LogP contribution in [0.4, 0.5) is 4.79 Å². The fourth-order valence-electron chi connectivity index (χ4n) is 2.25. The van der Waals surface area contributed by atoms with Gasteiger partial charge in [0.15, 0.2) is 0 Å². The van der Waals surface area contributed by atoms with Crippen LogP contribution < -0.4 is 5.32 Å². The highest BCUT2D eigenvalue weighted by atomic mass is 32.2. The van der Waals surface area contributed by atoms with Crippen molar-refractivity contribution in [2.45, 2.75) is 31.8 Å². The third kappa shape index (κ3) is 3.66. The first-order valence-corrected chi connectivity index (χ1v) is 7.86. The fraction of sp³-hybridized carbons (Fsp3) is 0.500. The lowest BCUT2D eigenvalue weighted by Gasteiger charge is -2.29. The van der Waals surface area contributed by atoms with E-state index in [1.165, 1.54) is 16.7 Å². The minimum atomic E-state index is -0.960. The number of amides is 2. The molecule has 7 heteroatoms. The molecule has 2 heterocycles. The Morgan fingerprint density at radius 3 is 2.86 bits per heavy atom. The molecule has 2 amide bonds. The molecule has 2 N–H and O–H groups in total. The molecule has 21 heavy (non-hydrogen) atoms. The van der Waals surface area contributed by atoms with Crippen molar-refractivity contribution >= 4 is 23.8 Å². The highest BCUT2D eigenvalue weighted by molar-refractivity contribution is 8.00. The van der Waals surface area contributed by atoms with Gasteiger partial charge in [-0.25, -0.2) is 9.59 Å². The molecule has 0 aromatic carbocycles. The van der Waals surface area contributed by atoms with Crippen LogP contribution in [0.25, 0.3) is 0 Å². The number of urea groups is 1. The molecule has 1 fully saturated rings. The largest absolute Gasteiger partial charge is 0.480 e. The standard InChI is InChI=1S/C14H19N3O3S/c1-9(2)12-17(11(8-21-12)13(18)19)14(20)16-7-10-5-3-4-6-15-10/h3-6,9,11-12H,7-8H2,1-2H3,(H,16,20)(H,18,19). The summed E-state index contributed by atoms with van der Waals surface area (Å²) in [7, 11) is 0. The summed E-state index contributed by atoms with van der Waals surface area (Å²) in [6.45, 7) is 4.26. The number of carboxylic acid groups (broad SMARTS) is 1. The quantitative estimate of drug-likeness (QED) is 0.886. The molecule has 2 atom stereocenters. The molecule has 0 spiro atoms. The Balaban J connectivity index is 2.05. The second kappa shape index (κ2) is 6.80.